The maximum atomic E-state index is 3.21. The average Bonchev–Trinajstić information content (AvgIpc) is 3.07. The van der Waals surface area contributed by atoms with Gasteiger partial charge in [0.05, 0.1) is 6.54 Å². The minimum absolute atomic E-state index is 0.917. The van der Waals surface area contributed by atoms with Crippen molar-refractivity contribution < 1.29 is 0 Å². The molecule has 0 aliphatic heterocycles. The zero-order valence-corrected chi connectivity index (χ0v) is 12.8. The van der Waals surface area contributed by atoms with Gasteiger partial charge in [0.15, 0.2) is 0 Å². The smallest absolute Gasteiger partial charge is 0.0569 e. The highest BCUT2D eigenvalue weighted by Crippen LogP contribution is 2.22. The van der Waals surface area contributed by atoms with Gasteiger partial charge in [-0.15, -0.1) is 11.3 Å². The van der Waals surface area contributed by atoms with Gasteiger partial charge in [-0.3, -0.25) is 0 Å². The molecule has 1 N–H and O–H groups in total. The third kappa shape index (κ3) is 2.65. The van der Waals surface area contributed by atoms with Crippen molar-refractivity contribution in [2.24, 2.45) is 0 Å². The highest BCUT2D eigenvalue weighted by molar-refractivity contribution is 7.11. The van der Waals surface area contributed by atoms with E-state index in [0.717, 1.165) is 19.5 Å². The van der Waals surface area contributed by atoms with Crippen LogP contribution in [0.25, 0.3) is 10.9 Å². The molecule has 20 heavy (non-hydrogen) atoms. The molecule has 0 fully saturated rings. The summed E-state index contributed by atoms with van der Waals surface area (Å²) < 4.78 is 2.35. The molecule has 3 rings (SSSR count). The summed E-state index contributed by atoms with van der Waals surface area (Å²) in [5.41, 5.74) is 2.66. The first-order chi connectivity index (χ1) is 9.80. The van der Waals surface area contributed by atoms with Gasteiger partial charge in [-0.2, -0.15) is 0 Å². The molecule has 2 nitrogen and oxygen atoms in total. The van der Waals surface area contributed by atoms with Gasteiger partial charge in [-0.25, -0.2) is 0 Å². The van der Waals surface area contributed by atoms with Crippen LogP contribution in [0, 0.1) is 0 Å². The second kappa shape index (κ2) is 5.81. The molecule has 0 amide bonds. The van der Waals surface area contributed by atoms with Crippen LogP contribution in [0.15, 0.2) is 42.6 Å². The minimum atomic E-state index is 0.917. The molecule has 0 radical (unpaired) electrons. The van der Waals surface area contributed by atoms with Crippen LogP contribution in [0.4, 0.5) is 0 Å². The number of hydrogen-bond acceptors (Lipinski definition) is 2. The number of fused-ring (bicyclic) bond motifs is 1. The van der Waals surface area contributed by atoms with E-state index in [9.17, 15) is 0 Å². The molecular weight excluding hydrogens is 264 g/mol. The summed E-state index contributed by atoms with van der Waals surface area (Å²) in [6, 6.07) is 13.4. The van der Waals surface area contributed by atoms with Crippen molar-refractivity contribution in [3.63, 3.8) is 0 Å². The summed E-state index contributed by atoms with van der Waals surface area (Å²) in [6.45, 7) is 4.10. The van der Waals surface area contributed by atoms with Crippen molar-refractivity contribution in [1.29, 1.82) is 0 Å². The molecule has 0 saturated heterocycles. The molecule has 2 heterocycles. The predicted octanol–water partition coefficient (Wildman–Crippen LogP) is 4.03. The second-order valence-electron chi connectivity index (χ2n) is 5.09. The largest absolute Gasteiger partial charge is 0.342 e. The number of thiophene rings is 1. The van der Waals surface area contributed by atoms with Crippen LogP contribution in [0.5, 0.6) is 0 Å². The summed E-state index contributed by atoms with van der Waals surface area (Å²) in [7, 11) is 1.99. The molecule has 2 aromatic heterocycles. The Balaban J connectivity index is 1.92. The van der Waals surface area contributed by atoms with Crippen molar-refractivity contribution >= 4 is 22.2 Å². The van der Waals surface area contributed by atoms with Gasteiger partial charge in [0.1, 0.15) is 0 Å². The van der Waals surface area contributed by atoms with Gasteiger partial charge in [-0.05, 0) is 48.7 Å². The molecule has 3 aromatic rings. The highest BCUT2D eigenvalue weighted by atomic mass is 32.1. The summed E-state index contributed by atoms with van der Waals surface area (Å²) in [6.07, 6.45) is 3.32. The maximum Gasteiger partial charge on any atom is 0.0569 e. The molecule has 0 aliphatic carbocycles. The Bertz CT molecular complexity index is 709. The number of benzene rings is 1. The molecule has 1 aromatic carbocycles. The van der Waals surface area contributed by atoms with E-state index in [-0.39, 0.29) is 0 Å². The lowest BCUT2D eigenvalue weighted by Gasteiger charge is -2.06. The topological polar surface area (TPSA) is 17.0 Å². The number of aryl methyl sites for hydroxylation is 1. The fourth-order valence-corrected chi connectivity index (χ4v) is 3.50. The van der Waals surface area contributed by atoms with Crippen LogP contribution < -0.4 is 5.32 Å². The van der Waals surface area contributed by atoms with Crippen LogP contribution in [-0.4, -0.2) is 11.6 Å². The van der Waals surface area contributed by atoms with Crippen LogP contribution in [0.3, 0.4) is 0 Å². The molecule has 0 atom stereocenters. The lowest BCUT2D eigenvalue weighted by Crippen LogP contribution is -2.05. The predicted molar refractivity (Wildman–Crippen MR) is 87.5 cm³/mol. The molecule has 0 aliphatic rings. The van der Waals surface area contributed by atoms with Crippen LogP contribution >= 0.6 is 11.3 Å². The Morgan fingerprint density at radius 2 is 1.95 bits per heavy atom. The number of aromatic nitrogens is 1. The van der Waals surface area contributed by atoms with E-state index in [1.54, 1.807) is 0 Å². The zero-order chi connectivity index (χ0) is 13.9. The quantitative estimate of drug-likeness (QED) is 0.748. The van der Waals surface area contributed by atoms with E-state index >= 15 is 0 Å². The lowest BCUT2D eigenvalue weighted by molar-refractivity contribution is 0.814. The summed E-state index contributed by atoms with van der Waals surface area (Å²) >= 11 is 1.92. The molecular formula is C17H20N2S. The molecule has 0 saturated carbocycles. The summed E-state index contributed by atoms with van der Waals surface area (Å²) in [4.78, 5) is 2.89. The first-order valence-electron chi connectivity index (χ1n) is 7.10. The first kappa shape index (κ1) is 13.4. The third-order valence-electron chi connectivity index (χ3n) is 3.61. The standard InChI is InChI=1S/C17H20N2S/c1-3-15-6-7-16(20-15)12-19-9-8-14-5-4-13(11-18-2)10-17(14)19/h4-10,18H,3,11-12H2,1-2H3. The second-order valence-corrected chi connectivity index (χ2v) is 6.34. The summed E-state index contributed by atoms with van der Waals surface area (Å²) in [5.74, 6) is 0. The van der Waals surface area contributed by atoms with Gasteiger partial charge in [0, 0.05) is 28.0 Å². The normalized spacial score (nSPS) is 11.3. The Hall–Kier alpha value is -1.58. The number of nitrogens with zero attached hydrogens (tertiary/aromatic N) is 1. The Morgan fingerprint density at radius 3 is 2.70 bits per heavy atom. The van der Waals surface area contributed by atoms with Crippen molar-refractivity contribution in [3.8, 4) is 0 Å². The monoisotopic (exact) mass is 284 g/mol. The number of rotatable bonds is 5. The molecule has 104 valence electrons. The Labute approximate surface area is 124 Å². The van der Waals surface area contributed by atoms with Crippen LogP contribution in [-0.2, 0) is 19.5 Å². The number of nitrogens with one attached hydrogen (secondary N) is 1. The van der Waals surface area contributed by atoms with E-state index in [1.165, 1.54) is 26.2 Å². The first-order valence-corrected chi connectivity index (χ1v) is 7.91. The van der Waals surface area contributed by atoms with Crippen molar-refractivity contribution in [2.45, 2.75) is 26.4 Å². The van der Waals surface area contributed by atoms with E-state index in [4.69, 9.17) is 0 Å². The average molecular weight is 284 g/mol. The fourth-order valence-electron chi connectivity index (χ4n) is 2.55. The molecule has 3 heteroatoms. The van der Waals surface area contributed by atoms with Crippen LogP contribution in [0.1, 0.15) is 22.2 Å². The van der Waals surface area contributed by atoms with E-state index < -0.39 is 0 Å². The van der Waals surface area contributed by atoms with Gasteiger partial charge >= 0.3 is 0 Å². The fraction of sp³-hybridized carbons (Fsp3) is 0.294. The minimum Gasteiger partial charge on any atom is -0.342 e. The maximum absolute atomic E-state index is 3.21. The van der Waals surface area contributed by atoms with E-state index in [1.807, 2.05) is 18.4 Å². The Kier molecular flexibility index (Phi) is 3.90. The van der Waals surface area contributed by atoms with Crippen molar-refractivity contribution in [3.05, 3.63) is 57.9 Å². The Morgan fingerprint density at radius 1 is 1.10 bits per heavy atom. The van der Waals surface area contributed by atoms with E-state index in [2.05, 4.69) is 59.4 Å². The zero-order valence-electron chi connectivity index (χ0n) is 12.0. The highest BCUT2D eigenvalue weighted by Gasteiger charge is 2.05. The SMILES string of the molecule is CCc1ccc(Cn2ccc3ccc(CNC)cc32)s1. The van der Waals surface area contributed by atoms with Gasteiger partial charge < -0.3 is 9.88 Å². The lowest BCUT2D eigenvalue weighted by atomic mass is 10.1. The van der Waals surface area contributed by atoms with Crippen molar-refractivity contribution in [1.82, 2.24) is 9.88 Å². The summed E-state index contributed by atoms with van der Waals surface area (Å²) in [5, 5.41) is 4.53. The van der Waals surface area contributed by atoms with Crippen molar-refractivity contribution in [2.75, 3.05) is 7.05 Å². The third-order valence-corrected chi connectivity index (χ3v) is 4.83. The van der Waals surface area contributed by atoms with Gasteiger partial charge in [0.2, 0.25) is 0 Å². The van der Waals surface area contributed by atoms with E-state index in [0.29, 0.717) is 0 Å². The molecule has 0 spiro atoms. The molecule has 0 bridgehead atoms. The van der Waals surface area contributed by atoms with Gasteiger partial charge in [-0.1, -0.05) is 19.1 Å². The van der Waals surface area contributed by atoms with Crippen LogP contribution in [0.2, 0.25) is 0 Å². The molecule has 0 unspecified atom stereocenters. The number of hydrogen-bond donors (Lipinski definition) is 1. The van der Waals surface area contributed by atoms with Gasteiger partial charge in [0.25, 0.3) is 0 Å².